The minimum absolute atomic E-state index is 0.178. The first-order valence-corrected chi connectivity index (χ1v) is 11.4. The fourth-order valence-electron chi connectivity index (χ4n) is 3.58. The van der Waals surface area contributed by atoms with Crippen LogP contribution in [0.1, 0.15) is 25.0 Å². The third-order valence-electron chi connectivity index (χ3n) is 6.07. The molecule has 0 aromatic heterocycles. The Morgan fingerprint density at radius 1 is 0.941 bits per heavy atom. The first-order chi connectivity index (χ1) is 16.3. The molecule has 3 N–H and O–H groups in total. The topological polar surface area (TPSA) is 109 Å². The fourth-order valence-corrected chi connectivity index (χ4v) is 3.58. The van der Waals surface area contributed by atoms with Crippen LogP contribution < -0.4 is 20.7 Å². The average molecular weight is 468 g/mol. The lowest BCUT2D eigenvalue weighted by Gasteiger charge is -2.25. The second-order valence-electron chi connectivity index (χ2n) is 8.76. The standard InChI is InChI=1S/C26H33N3O5/c1-17(27-3)24(31)29-22(15-19-10-12-20(33-4)13-11-19)25(32)28-21(23(30)26(2)16-34-26)14-18-8-6-5-7-9-18/h5-13,17,21-22,27H,14-16H2,1-4H3,(H,28,32)(H,29,31)/t17-,21?,22?,26-/m1/s1. The highest BCUT2D eigenvalue weighted by Crippen LogP contribution is 2.29. The number of amides is 2. The molecule has 8 nitrogen and oxygen atoms in total. The Hall–Kier alpha value is -3.23. The maximum absolute atomic E-state index is 13.4. The molecular formula is C26H33N3O5. The molecule has 1 aliphatic heterocycles. The number of hydrogen-bond acceptors (Lipinski definition) is 6. The number of carbonyl (C=O) groups is 3. The molecule has 0 saturated carbocycles. The van der Waals surface area contributed by atoms with Crippen molar-refractivity contribution in [3.8, 4) is 5.75 Å². The third-order valence-corrected chi connectivity index (χ3v) is 6.07. The molecule has 4 atom stereocenters. The zero-order valence-corrected chi connectivity index (χ0v) is 20.1. The van der Waals surface area contributed by atoms with Crippen LogP contribution in [0.25, 0.3) is 0 Å². The molecule has 182 valence electrons. The van der Waals surface area contributed by atoms with E-state index in [-0.39, 0.29) is 18.1 Å². The van der Waals surface area contributed by atoms with Crippen LogP contribution in [0, 0.1) is 0 Å². The van der Waals surface area contributed by atoms with Gasteiger partial charge in [-0.15, -0.1) is 0 Å². The van der Waals surface area contributed by atoms with Gasteiger partial charge in [-0.2, -0.15) is 0 Å². The Kier molecular flexibility index (Phi) is 8.41. The molecule has 2 amide bonds. The summed E-state index contributed by atoms with van der Waals surface area (Å²) in [5, 5.41) is 8.59. The van der Waals surface area contributed by atoms with Gasteiger partial charge in [-0.3, -0.25) is 14.4 Å². The first-order valence-electron chi connectivity index (χ1n) is 11.4. The van der Waals surface area contributed by atoms with Crippen LogP contribution in [0.2, 0.25) is 0 Å². The molecule has 1 aliphatic rings. The molecule has 8 heteroatoms. The lowest BCUT2D eigenvalue weighted by Crippen LogP contribution is -2.56. The normalized spacial score (nSPS) is 19.4. The minimum atomic E-state index is -0.887. The Morgan fingerprint density at radius 3 is 2.06 bits per heavy atom. The van der Waals surface area contributed by atoms with Crippen molar-refractivity contribution < 1.29 is 23.9 Å². The number of nitrogens with one attached hydrogen (secondary N) is 3. The van der Waals surface area contributed by atoms with E-state index in [9.17, 15) is 14.4 Å². The van der Waals surface area contributed by atoms with Gasteiger partial charge in [0.15, 0.2) is 5.78 Å². The smallest absolute Gasteiger partial charge is 0.243 e. The van der Waals surface area contributed by atoms with Gasteiger partial charge in [-0.25, -0.2) is 0 Å². The highest BCUT2D eigenvalue weighted by Gasteiger charge is 2.50. The van der Waals surface area contributed by atoms with Crippen molar-refractivity contribution in [2.24, 2.45) is 0 Å². The molecule has 2 aromatic carbocycles. The molecule has 0 radical (unpaired) electrons. The highest BCUT2D eigenvalue weighted by molar-refractivity contribution is 5.98. The van der Waals surface area contributed by atoms with E-state index in [1.54, 1.807) is 40.1 Å². The van der Waals surface area contributed by atoms with Crippen molar-refractivity contribution in [2.75, 3.05) is 20.8 Å². The van der Waals surface area contributed by atoms with E-state index >= 15 is 0 Å². The van der Waals surface area contributed by atoms with Gasteiger partial charge in [-0.05, 0) is 50.6 Å². The Bertz CT molecular complexity index is 989. The molecule has 1 fully saturated rings. The van der Waals surface area contributed by atoms with Gasteiger partial charge in [0.1, 0.15) is 17.4 Å². The number of likely N-dealkylation sites (N-methyl/N-ethyl adjacent to an activating group) is 1. The predicted molar refractivity (Wildman–Crippen MR) is 129 cm³/mol. The number of carbonyl (C=O) groups excluding carboxylic acids is 3. The number of rotatable bonds is 12. The average Bonchev–Trinajstić information content (AvgIpc) is 3.61. The SMILES string of the molecule is CN[C@H](C)C(=O)NC(Cc1ccc(OC)cc1)C(=O)NC(Cc1ccccc1)C(=O)[C@@]1(C)CO1. The van der Waals surface area contributed by atoms with E-state index < -0.39 is 29.6 Å². The van der Waals surface area contributed by atoms with Gasteiger partial charge in [0.05, 0.1) is 25.8 Å². The van der Waals surface area contributed by atoms with Gasteiger partial charge >= 0.3 is 0 Å². The van der Waals surface area contributed by atoms with Crippen molar-refractivity contribution in [3.63, 3.8) is 0 Å². The fraction of sp³-hybridized carbons (Fsp3) is 0.423. The van der Waals surface area contributed by atoms with Crippen LogP contribution in [-0.4, -0.2) is 62.1 Å². The van der Waals surface area contributed by atoms with Crippen LogP contribution in [0.5, 0.6) is 5.75 Å². The van der Waals surface area contributed by atoms with Gasteiger partial charge in [0, 0.05) is 6.42 Å². The number of Topliss-reactive ketones (excluding diaryl/α,β-unsaturated/α-hetero) is 1. The van der Waals surface area contributed by atoms with Crippen LogP contribution >= 0.6 is 0 Å². The van der Waals surface area contributed by atoms with Crippen LogP contribution in [0.15, 0.2) is 54.6 Å². The molecule has 0 spiro atoms. The van der Waals surface area contributed by atoms with Crippen LogP contribution in [-0.2, 0) is 32.0 Å². The van der Waals surface area contributed by atoms with E-state index in [2.05, 4.69) is 16.0 Å². The maximum Gasteiger partial charge on any atom is 0.243 e. The summed E-state index contributed by atoms with van der Waals surface area (Å²) >= 11 is 0. The molecule has 0 aliphatic carbocycles. The Morgan fingerprint density at radius 2 is 1.50 bits per heavy atom. The largest absolute Gasteiger partial charge is 0.497 e. The number of methoxy groups -OCH3 is 1. The molecular weight excluding hydrogens is 434 g/mol. The second-order valence-corrected chi connectivity index (χ2v) is 8.76. The molecule has 2 aromatic rings. The maximum atomic E-state index is 13.4. The first kappa shape index (κ1) is 25.4. The zero-order chi connectivity index (χ0) is 24.7. The van der Waals surface area contributed by atoms with Gasteiger partial charge in [-0.1, -0.05) is 42.5 Å². The summed E-state index contributed by atoms with van der Waals surface area (Å²) in [5.74, 6) is -0.211. The van der Waals surface area contributed by atoms with Crippen molar-refractivity contribution in [1.82, 2.24) is 16.0 Å². The molecule has 2 unspecified atom stereocenters. The molecule has 3 rings (SSSR count). The Labute approximate surface area is 200 Å². The number of hydrogen-bond donors (Lipinski definition) is 3. The molecule has 1 heterocycles. The van der Waals surface area contributed by atoms with E-state index in [0.717, 1.165) is 11.1 Å². The molecule has 1 saturated heterocycles. The number of ether oxygens (including phenoxy) is 2. The summed E-state index contributed by atoms with van der Waals surface area (Å²) in [6, 6.07) is 14.7. The molecule has 0 bridgehead atoms. The van der Waals surface area contributed by atoms with E-state index in [1.807, 2.05) is 42.5 Å². The van der Waals surface area contributed by atoms with Gasteiger partial charge < -0.3 is 25.4 Å². The number of epoxide rings is 1. The third kappa shape index (κ3) is 6.65. The van der Waals surface area contributed by atoms with Gasteiger partial charge in [0.25, 0.3) is 0 Å². The van der Waals surface area contributed by atoms with Crippen molar-refractivity contribution in [1.29, 1.82) is 0 Å². The zero-order valence-electron chi connectivity index (χ0n) is 20.1. The van der Waals surface area contributed by atoms with Crippen LogP contribution in [0.4, 0.5) is 0 Å². The minimum Gasteiger partial charge on any atom is -0.497 e. The predicted octanol–water partition coefficient (Wildman–Crippen LogP) is 1.42. The summed E-state index contributed by atoms with van der Waals surface area (Å²) in [6.45, 7) is 3.77. The second kappa shape index (κ2) is 11.3. The summed E-state index contributed by atoms with van der Waals surface area (Å²) in [7, 11) is 3.26. The number of benzene rings is 2. The lowest BCUT2D eigenvalue weighted by atomic mass is 9.94. The van der Waals surface area contributed by atoms with Crippen molar-refractivity contribution in [3.05, 3.63) is 65.7 Å². The van der Waals surface area contributed by atoms with E-state index in [0.29, 0.717) is 18.8 Å². The molecule has 34 heavy (non-hydrogen) atoms. The van der Waals surface area contributed by atoms with Gasteiger partial charge in [0.2, 0.25) is 11.8 Å². The number of ketones is 1. The summed E-state index contributed by atoms with van der Waals surface area (Å²) in [5.41, 5.74) is 0.883. The van der Waals surface area contributed by atoms with E-state index in [4.69, 9.17) is 9.47 Å². The van der Waals surface area contributed by atoms with E-state index in [1.165, 1.54) is 0 Å². The van der Waals surface area contributed by atoms with Crippen LogP contribution in [0.3, 0.4) is 0 Å². The summed E-state index contributed by atoms with van der Waals surface area (Å²) < 4.78 is 10.6. The van der Waals surface area contributed by atoms with Crippen molar-refractivity contribution in [2.45, 2.75) is 50.4 Å². The summed E-state index contributed by atoms with van der Waals surface area (Å²) in [6.07, 6.45) is 0.596. The lowest BCUT2D eigenvalue weighted by molar-refractivity contribution is -0.133. The quantitative estimate of drug-likeness (QED) is 0.408. The monoisotopic (exact) mass is 467 g/mol. The highest BCUT2D eigenvalue weighted by atomic mass is 16.6. The summed E-state index contributed by atoms with van der Waals surface area (Å²) in [4.78, 5) is 39.1. The Balaban J connectivity index is 1.80. The van der Waals surface area contributed by atoms with Crippen molar-refractivity contribution >= 4 is 17.6 Å².